The molecule has 2 N–H and O–H groups in total. The fraction of sp³-hybridized carbons (Fsp3) is 0.265. The standard InChI is InChI=1S/C34H35ClN4.3ClH.H2O/c35-30-17-18-32-31(26-30)36-33(25-27-11-4-1-5-12-27)39(32)20-10-19-37-21-23-38(24-22-37)34(28-13-6-2-7-14-28)29-15-8-3-9-16-29;;;;/h1-9,11-18,26,34H,10,19-25H2;3*1H;1H2. The Morgan fingerprint density at radius 3 is 1.81 bits per heavy atom. The Labute approximate surface area is 278 Å². The molecule has 5 aromatic rings. The smallest absolute Gasteiger partial charge is 0.114 e. The van der Waals surface area contributed by atoms with Crippen molar-refractivity contribution < 1.29 is 5.48 Å². The lowest BCUT2D eigenvalue weighted by Crippen LogP contribution is -2.48. The van der Waals surface area contributed by atoms with Crippen molar-refractivity contribution >= 4 is 59.9 Å². The van der Waals surface area contributed by atoms with E-state index in [4.69, 9.17) is 16.6 Å². The molecule has 0 saturated carbocycles. The van der Waals surface area contributed by atoms with Crippen molar-refractivity contribution in [2.75, 3.05) is 32.7 Å². The van der Waals surface area contributed by atoms with Gasteiger partial charge in [-0.05, 0) is 47.9 Å². The third-order valence-corrected chi connectivity index (χ3v) is 8.09. The molecule has 1 aromatic heterocycles. The second-order valence-corrected chi connectivity index (χ2v) is 10.9. The summed E-state index contributed by atoms with van der Waals surface area (Å²) in [5.41, 5.74) is 6.17. The van der Waals surface area contributed by atoms with E-state index in [1.54, 1.807) is 0 Å². The first-order valence-corrected chi connectivity index (χ1v) is 14.4. The molecule has 9 heteroatoms. The summed E-state index contributed by atoms with van der Waals surface area (Å²) in [6.07, 6.45) is 1.92. The monoisotopic (exact) mass is 660 g/mol. The van der Waals surface area contributed by atoms with Gasteiger partial charge in [-0.2, -0.15) is 0 Å². The van der Waals surface area contributed by atoms with Gasteiger partial charge in [0.25, 0.3) is 0 Å². The maximum absolute atomic E-state index is 6.30. The minimum atomic E-state index is 0. The number of piperazine rings is 1. The molecule has 230 valence electrons. The number of hydrogen-bond acceptors (Lipinski definition) is 3. The van der Waals surface area contributed by atoms with E-state index < -0.39 is 0 Å². The number of rotatable bonds is 9. The Morgan fingerprint density at radius 1 is 0.674 bits per heavy atom. The molecule has 1 aliphatic heterocycles. The molecular formula is C34H40Cl4N4O. The van der Waals surface area contributed by atoms with E-state index >= 15 is 0 Å². The van der Waals surface area contributed by atoms with Crippen LogP contribution in [0, 0.1) is 0 Å². The SMILES string of the molecule is Cl.Cl.Cl.Clc1ccc2c(c1)nc(Cc1ccccc1)n2CCCN1CCN(C(c2ccccc2)c2ccccc2)CC1.O. The highest BCUT2D eigenvalue weighted by atomic mass is 35.5. The van der Waals surface area contributed by atoms with Crippen LogP contribution >= 0.6 is 48.8 Å². The highest BCUT2D eigenvalue weighted by Gasteiger charge is 2.26. The van der Waals surface area contributed by atoms with Gasteiger partial charge < -0.3 is 14.9 Å². The van der Waals surface area contributed by atoms with Gasteiger partial charge in [-0.15, -0.1) is 37.2 Å². The zero-order valence-electron chi connectivity index (χ0n) is 24.0. The van der Waals surface area contributed by atoms with Crippen LogP contribution in [0.1, 0.15) is 35.0 Å². The highest BCUT2D eigenvalue weighted by molar-refractivity contribution is 6.31. The third-order valence-electron chi connectivity index (χ3n) is 7.85. The summed E-state index contributed by atoms with van der Waals surface area (Å²) < 4.78 is 2.40. The van der Waals surface area contributed by atoms with Crippen molar-refractivity contribution in [2.24, 2.45) is 0 Å². The number of fused-ring (bicyclic) bond motifs is 1. The van der Waals surface area contributed by atoms with Gasteiger partial charge in [-0.25, -0.2) is 4.98 Å². The summed E-state index contributed by atoms with van der Waals surface area (Å²) in [7, 11) is 0. The topological polar surface area (TPSA) is 55.8 Å². The van der Waals surface area contributed by atoms with Crippen LogP contribution in [0.5, 0.6) is 0 Å². The quantitative estimate of drug-likeness (QED) is 0.164. The van der Waals surface area contributed by atoms with Crippen LogP contribution in [0.2, 0.25) is 5.02 Å². The molecule has 1 saturated heterocycles. The maximum atomic E-state index is 6.30. The number of hydrogen-bond donors (Lipinski definition) is 0. The van der Waals surface area contributed by atoms with Crippen LogP contribution in [0.3, 0.4) is 0 Å². The zero-order chi connectivity index (χ0) is 26.4. The van der Waals surface area contributed by atoms with Gasteiger partial charge in [0.1, 0.15) is 5.82 Å². The number of aromatic nitrogens is 2. The second-order valence-electron chi connectivity index (χ2n) is 10.4. The Balaban J connectivity index is 0.00000161. The van der Waals surface area contributed by atoms with Crippen molar-refractivity contribution in [1.82, 2.24) is 19.4 Å². The predicted octanol–water partition coefficient (Wildman–Crippen LogP) is 7.52. The lowest BCUT2D eigenvalue weighted by atomic mass is 9.96. The molecule has 0 radical (unpaired) electrons. The maximum Gasteiger partial charge on any atom is 0.114 e. The minimum Gasteiger partial charge on any atom is -0.412 e. The summed E-state index contributed by atoms with van der Waals surface area (Å²) in [6, 6.07) is 38.9. The number of halogens is 4. The highest BCUT2D eigenvalue weighted by Crippen LogP contribution is 2.29. The number of imidazole rings is 1. The molecule has 1 aliphatic rings. The number of nitrogens with zero attached hydrogens (tertiary/aromatic N) is 4. The molecule has 0 amide bonds. The Kier molecular flexibility index (Phi) is 15.0. The Hall–Kier alpha value is -2.61. The van der Waals surface area contributed by atoms with Crippen molar-refractivity contribution in [3.8, 4) is 0 Å². The summed E-state index contributed by atoms with van der Waals surface area (Å²) in [4.78, 5) is 10.2. The van der Waals surface area contributed by atoms with Crippen LogP contribution in [0.25, 0.3) is 11.0 Å². The molecule has 4 aromatic carbocycles. The van der Waals surface area contributed by atoms with Crippen LogP contribution in [0.15, 0.2) is 109 Å². The summed E-state index contributed by atoms with van der Waals surface area (Å²) >= 11 is 6.30. The van der Waals surface area contributed by atoms with Gasteiger partial charge in [0.15, 0.2) is 0 Å². The van der Waals surface area contributed by atoms with Gasteiger partial charge >= 0.3 is 0 Å². The lowest BCUT2D eigenvalue weighted by molar-refractivity contribution is 0.108. The van der Waals surface area contributed by atoms with Crippen molar-refractivity contribution in [3.63, 3.8) is 0 Å². The van der Waals surface area contributed by atoms with Crippen LogP contribution in [0.4, 0.5) is 0 Å². The number of benzene rings is 4. The average molecular weight is 663 g/mol. The molecule has 5 nitrogen and oxygen atoms in total. The Morgan fingerprint density at radius 2 is 1.23 bits per heavy atom. The second kappa shape index (κ2) is 17.6. The molecule has 6 rings (SSSR count). The fourth-order valence-corrected chi connectivity index (χ4v) is 6.06. The van der Waals surface area contributed by atoms with Crippen molar-refractivity contribution in [1.29, 1.82) is 0 Å². The largest absolute Gasteiger partial charge is 0.412 e. The van der Waals surface area contributed by atoms with Gasteiger partial charge in [0.05, 0.1) is 17.1 Å². The van der Waals surface area contributed by atoms with E-state index in [2.05, 4.69) is 111 Å². The molecule has 0 bridgehead atoms. The first-order chi connectivity index (χ1) is 19.2. The van der Waals surface area contributed by atoms with E-state index in [0.29, 0.717) is 6.04 Å². The van der Waals surface area contributed by atoms with Gasteiger partial charge in [-0.1, -0.05) is 103 Å². The van der Waals surface area contributed by atoms with Gasteiger partial charge in [0.2, 0.25) is 0 Å². The fourth-order valence-electron chi connectivity index (χ4n) is 5.90. The zero-order valence-corrected chi connectivity index (χ0v) is 27.2. The molecular weight excluding hydrogens is 622 g/mol. The van der Waals surface area contributed by atoms with E-state index in [1.807, 2.05) is 12.1 Å². The van der Waals surface area contributed by atoms with Gasteiger partial charge in [0, 0.05) is 44.2 Å². The molecule has 0 spiro atoms. The van der Waals surface area contributed by atoms with E-state index in [0.717, 1.165) is 68.5 Å². The molecule has 0 aliphatic carbocycles. The first-order valence-electron chi connectivity index (χ1n) is 14.0. The van der Waals surface area contributed by atoms with Crippen molar-refractivity contribution in [2.45, 2.75) is 25.4 Å². The minimum absolute atomic E-state index is 0. The van der Waals surface area contributed by atoms with Crippen LogP contribution < -0.4 is 0 Å². The van der Waals surface area contributed by atoms with E-state index in [-0.39, 0.29) is 42.7 Å². The lowest BCUT2D eigenvalue weighted by Gasteiger charge is -2.40. The van der Waals surface area contributed by atoms with Crippen molar-refractivity contribution in [3.05, 3.63) is 137 Å². The van der Waals surface area contributed by atoms with E-state index in [9.17, 15) is 0 Å². The molecule has 43 heavy (non-hydrogen) atoms. The first kappa shape index (κ1) is 36.6. The normalized spacial score (nSPS) is 13.4. The van der Waals surface area contributed by atoms with E-state index in [1.165, 1.54) is 22.2 Å². The average Bonchev–Trinajstić information content (AvgIpc) is 3.31. The molecule has 0 unspecified atom stereocenters. The predicted molar refractivity (Wildman–Crippen MR) is 187 cm³/mol. The van der Waals surface area contributed by atoms with Gasteiger partial charge in [-0.3, -0.25) is 4.90 Å². The third kappa shape index (κ3) is 8.96. The summed E-state index contributed by atoms with van der Waals surface area (Å²) in [6.45, 7) is 6.37. The summed E-state index contributed by atoms with van der Waals surface area (Å²) in [5, 5.41) is 0.737. The molecule has 0 atom stereocenters. The van der Waals surface area contributed by atoms with Crippen LogP contribution in [-0.2, 0) is 13.0 Å². The molecule has 2 heterocycles. The number of aryl methyl sites for hydroxylation is 1. The summed E-state index contributed by atoms with van der Waals surface area (Å²) in [5.74, 6) is 1.11. The van der Waals surface area contributed by atoms with Crippen LogP contribution in [-0.4, -0.2) is 57.6 Å². The Bertz CT molecular complexity index is 1460. The molecule has 1 fully saturated rings.